The van der Waals surface area contributed by atoms with Gasteiger partial charge in [0.2, 0.25) is 5.91 Å². The minimum atomic E-state index is -0.408. The second-order valence-corrected chi connectivity index (χ2v) is 9.18. The summed E-state index contributed by atoms with van der Waals surface area (Å²) in [6, 6.07) is -0.408. The van der Waals surface area contributed by atoms with Crippen LogP contribution in [-0.4, -0.2) is 24.5 Å². The molecular weight excluding hydrogens is 386 g/mol. The van der Waals surface area contributed by atoms with Crippen LogP contribution < -0.4 is 5.32 Å². The molecule has 0 spiro atoms. The van der Waals surface area contributed by atoms with Gasteiger partial charge in [-0.1, -0.05) is 103 Å². The molecule has 1 aliphatic rings. The first-order valence-corrected chi connectivity index (χ1v) is 13.3. The van der Waals surface area contributed by atoms with Gasteiger partial charge in [0.05, 0.1) is 6.61 Å². The zero-order chi connectivity index (χ0) is 22.4. The van der Waals surface area contributed by atoms with Gasteiger partial charge in [-0.25, -0.2) is 4.79 Å². The van der Waals surface area contributed by atoms with Gasteiger partial charge >= 0.3 is 5.97 Å². The molecule has 1 aliphatic heterocycles. The fourth-order valence-electron chi connectivity index (χ4n) is 4.12. The molecule has 1 heterocycles. The minimum Gasteiger partial charge on any atom is -0.464 e. The lowest BCUT2D eigenvalue weighted by molar-refractivity contribution is -0.146. The van der Waals surface area contributed by atoms with Crippen molar-refractivity contribution in [1.29, 1.82) is 0 Å². The second kappa shape index (κ2) is 20.6. The summed E-state index contributed by atoms with van der Waals surface area (Å²) in [5.74, 6) is -0.308. The van der Waals surface area contributed by atoms with Crippen LogP contribution in [0.4, 0.5) is 0 Å². The first-order valence-electron chi connectivity index (χ1n) is 13.3. The molecule has 0 unspecified atom stereocenters. The molecular formula is C27H49NO3. The van der Waals surface area contributed by atoms with Gasteiger partial charge < -0.3 is 10.1 Å². The van der Waals surface area contributed by atoms with Crippen molar-refractivity contribution in [1.82, 2.24) is 5.32 Å². The van der Waals surface area contributed by atoms with Gasteiger partial charge in [-0.15, -0.1) is 0 Å². The number of hydrogen-bond acceptors (Lipinski definition) is 3. The monoisotopic (exact) mass is 435 g/mol. The highest BCUT2D eigenvalue weighted by Crippen LogP contribution is 2.13. The SMILES string of the molecule is CCCCCCC/C=C/CCCCCCCCCCCCCOC(=O)[C@@H]1CCC(=O)N1. The van der Waals surface area contributed by atoms with E-state index in [9.17, 15) is 9.59 Å². The van der Waals surface area contributed by atoms with Crippen molar-refractivity contribution in [2.45, 2.75) is 141 Å². The Morgan fingerprint density at radius 2 is 1.29 bits per heavy atom. The van der Waals surface area contributed by atoms with Gasteiger partial charge in [-0.2, -0.15) is 0 Å². The van der Waals surface area contributed by atoms with E-state index >= 15 is 0 Å². The van der Waals surface area contributed by atoms with Crippen LogP contribution in [0.15, 0.2) is 12.2 Å². The molecule has 31 heavy (non-hydrogen) atoms. The Morgan fingerprint density at radius 1 is 0.806 bits per heavy atom. The Kier molecular flexibility index (Phi) is 18.4. The standard InChI is InChI=1S/C27H49NO3/c1-2-3-4-5-6-7-8-9-10-11-12-13-14-15-16-17-18-19-20-21-24-31-27(30)25-22-23-26(29)28-25/h8-9,25H,2-7,10-24H2,1H3,(H,28,29)/b9-8+/t25-/m0/s1. The zero-order valence-corrected chi connectivity index (χ0v) is 20.3. The van der Waals surface area contributed by atoms with Crippen LogP contribution in [0, 0.1) is 0 Å². The summed E-state index contributed by atoms with van der Waals surface area (Å²) in [6.45, 7) is 2.76. The number of amides is 1. The maximum absolute atomic E-state index is 11.8. The van der Waals surface area contributed by atoms with Crippen molar-refractivity contribution in [3.8, 4) is 0 Å². The summed E-state index contributed by atoms with van der Waals surface area (Å²) in [4.78, 5) is 22.9. The molecule has 180 valence electrons. The third kappa shape index (κ3) is 17.0. The van der Waals surface area contributed by atoms with Crippen LogP contribution >= 0.6 is 0 Å². The zero-order valence-electron chi connectivity index (χ0n) is 20.3. The summed E-state index contributed by atoms with van der Waals surface area (Å²) in [5.41, 5.74) is 0. The van der Waals surface area contributed by atoms with Crippen molar-refractivity contribution >= 4 is 11.9 Å². The Labute approximate surface area is 192 Å². The molecule has 1 rings (SSSR count). The summed E-state index contributed by atoms with van der Waals surface area (Å²) < 4.78 is 5.25. The Balaban J connectivity index is 1.71. The van der Waals surface area contributed by atoms with Crippen molar-refractivity contribution < 1.29 is 14.3 Å². The maximum atomic E-state index is 11.8. The number of carbonyl (C=O) groups excluding carboxylic acids is 2. The van der Waals surface area contributed by atoms with Crippen LogP contribution in [-0.2, 0) is 14.3 Å². The highest BCUT2D eigenvalue weighted by molar-refractivity contribution is 5.87. The van der Waals surface area contributed by atoms with Crippen LogP contribution in [0.1, 0.15) is 135 Å². The first kappa shape index (κ1) is 27.7. The lowest BCUT2D eigenvalue weighted by Gasteiger charge is -2.09. The van der Waals surface area contributed by atoms with Gasteiger partial charge in [0.1, 0.15) is 6.04 Å². The van der Waals surface area contributed by atoms with E-state index in [0.717, 1.165) is 12.8 Å². The van der Waals surface area contributed by atoms with Crippen LogP contribution in [0.25, 0.3) is 0 Å². The molecule has 4 nitrogen and oxygen atoms in total. The molecule has 0 bridgehead atoms. The van der Waals surface area contributed by atoms with Crippen LogP contribution in [0.2, 0.25) is 0 Å². The fourth-order valence-corrected chi connectivity index (χ4v) is 4.12. The predicted molar refractivity (Wildman–Crippen MR) is 130 cm³/mol. The first-order chi connectivity index (χ1) is 15.2. The van der Waals surface area contributed by atoms with E-state index in [-0.39, 0.29) is 11.9 Å². The van der Waals surface area contributed by atoms with E-state index in [1.54, 1.807) is 0 Å². The van der Waals surface area contributed by atoms with E-state index in [2.05, 4.69) is 24.4 Å². The Hall–Kier alpha value is -1.32. The smallest absolute Gasteiger partial charge is 0.328 e. The van der Waals surface area contributed by atoms with Crippen LogP contribution in [0.3, 0.4) is 0 Å². The van der Waals surface area contributed by atoms with E-state index in [1.807, 2.05) is 0 Å². The van der Waals surface area contributed by atoms with E-state index < -0.39 is 6.04 Å². The molecule has 0 saturated carbocycles. The molecule has 0 aromatic rings. The molecule has 0 aromatic carbocycles. The van der Waals surface area contributed by atoms with Gasteiger partial charge in [0, 0.05) is 6.42 Å². The number of rotatable bonds is 21. The Morgan fingerprint density at radius 3 is 1.77 bits per heavy atom. The third-order valence-electron chi connectivity index (χ3n) is 6.18. The van der Waals surface area contributed by atoms with E-state index in [1.165, 1.54) is 103 Å². The summed E-state index contributed by atoms with van der Waals surface area (Å²) in [5, 5.41) is 2.65. The van der Waals surface area contributed by atoms with Gasteiger partial charge in [0.25, 0.3) is 0 Å². The topological polar surface area (TPSA) is 55.4 Å². The van der Waals surface area contributed by atoms with Crippen LogP contribution in [0.5, 0.6) is 0 Å². The summed E-state index contributed by atoms with van der Waals surface area (Å²) in [6.07, 6.45) is 29.4. The normalized spacial score (nSPS) is 16.2. The molecule has 1 atom stereocenters. The molecule has 1 saturated heterocycles. The fraction of sp³-hybridized carbons (Fsp3) is 0.852. The number of esters is 1. The number of hydrogen-bond donors (Lipinski definition) is 1. The van der Waals surface area contributed by atoms with E-state index in [0.29, 0.717) is 19.4 Å². The number of nitrogens with one attached hydrogen (secondary N) is 1. The highest BCUT2D eigenvalue weighted by Gasteiger charge is 2.28. The lowest BCUT2D eigenvalue weighted by Crippen LogP contribution is -2.34. The number of carbonyl (C=O) groups is 2. The molecule has 1 amide bonds. The summed E-state index contributed by atoms with van der Waals surface area (Å²) >= 11 is 0. The average molecular weight is 436 g/mol. The molecule has 0 aliphatic carbocycles. The number of allylic oxidation sites excluding steroid dienone is 2. The predicted octanol–water partition coefficient (Wildman–Crippen LogP) is 7.41. The number of unbranched alkanes of at least 4 members (excludes halogenated alkanes) is 16. The molecule has 0 radical (unpaired) electrons. The maximum Gasteiger partial charge on any atom is 0.328 e. The summed E-state index contributed by atoms with van der Waals surface area (Å²) in [7, 11) is 0. The average Bonchev–Trinajstić information content (AvgIpc) is 3.21. The van der Waals surface area contributed by atoms with Crippen molar-refractivity contribution in [3.63, 3.8) is 0 Å². The van der Waals surface area contributed by atoms with Gasteiger partial charge in [-0.3, -0.25) is 4.79 Å². The van der Waals surface area contributed by atoms with E-state index in [4.69, 9.17) is 4.74 Å². The van der Waals surface area contributed by atoms with Crippen molar-refractivity contribution in [3.05, 3.63) is 12.2 Å². The largest absolute Gasteiger partial charge is 0.464 e. The lowest BCUT2D eigenvalue weighted by atomic mass is 10.0. The second-order valence-electron chi connectivity index (χ2n) is 9.18. The third-order valence-corrected chi connectivity index (χ3v) is 6.18. The van der Waals surface area contributed by atoms with Crippen molar-refractivity contribution in [2.24, 2.45) is 0 Å². The molecule has 0 aromatic heterocycles. The quantitative estimate of drug-likeness (QED) is 0.116. The molecule has 4 heteroatoms. The van der Waals surface area contributed by atoms with Gasteiger partial charge in [0.15, 0.2) is 0 Å². The minimum absolute atomic E-state index is 0.0436. The van der Waals surface area contributed by atoms with Gasteiger partial charge in [-0.05, 0) is 38.5 Å². The van der Waals surface area contributed by atoms with Crippen molar-refractivity contribution in [2.75, 3.05) is 6.61 Å². The number of ether oxygens (including phenoxy) is 1. The molecule has 1 fully saturated rings. The Bertz CT molecular complexity index is 475. The highest BCUT2D eigenvalue weighted by atomic mass is 16.5. The molecule has 1 N–H and O–H groups in total.